The summed E-state index contributed by atoms with van der Waals surface area (Å²) in [6, 6.07) is 10.2. The Kier molecular flexibility index (Phi) is 4.20. The van der Waals surface area contributed by atoms with Crippen molar-refractivity contribution in [3.05, 3.63) is 69.5 Å². The quantitative estimate of drug-likeness (QED) is 0.664. The van der Waals surface area contributed by atoms with Gasteiger partial charge in [-0.3, -0.25) is 5.84 Å². The Balaban J connectivity index is 2.46. The number of hydrazine groups is 1. The Morgan fingerprint density at radius 2 is 1.84 bits per heavy atom. The van der Waals surface area contributed by atoms with E-state index in [9.17, 15) is 4.39 Å². The Labute approximate surface area is 117 Å². The highest BCUT2D eigenvalue weighted by Gasteiger charge is 2.15. The first-order valence-corrected chi connectivity index (χ1v) is 6.39. The Bertz CT molecular complexity index is 599. The molecule has 1 atom stereocenters. The minimum Gasteiger partial charge on any atom is -0.271 e. The third-order valence-corrected chi connectivity index (χ3v) is 3.65. The van der Waals surface area contributed by atoms with E-state index < -0.39 is 0 Å². The molecule has 0 spiro atoms. The van der Waals surface area contributed by atoms with Gasteiger partial charge in [0.2, 0.25) is 0 Å². The molecule has 100 valence electrons. The summed E-state index contributed by atoms with van der Waals surface area (Å²) in [5.74, 6) is 5.39. The second kappa shape index (κ2) is 5.70. The van der Waals surface area contributed by atoms with Gasteiger partial charge in [0.1, 0.15) is 5.82 Å². The van der Waals surface area contributed by atoms with Crippen LogP contribution in [0, 0.1) is 19.7 Å². The SMILES string of the molecule is Cc1ccc(C(NN)c2ccc(F)cc2C)cc1Cl. The minimum atomic E-state index is -0.251. The van der Waals surface area contributed by atoms with Gasteiger partial charge >= 0.3 is 0 Å². The summed E-state index contributed by atoms with van der Waals surface area (Å²) in [6.07, 6.45) is 0. The molecule has 1 unspecified atom stereocenters. The van der Waals surface area contributed by atoms with E-state index in [4.69, 9.17) is 17.4 Å². The molecule has 0 aromatic heterocycles. The van der Waals surface area contributed by atoms with Gasteiger partial charge in [-0.05, 0) is 54.3 Å². The molecule has 0 saturated carbocycles. The molecule has 4 heteroatoms. The summed E-state index contributed by atoms with van der Waals surface area (Å²) < 4.78 is 13.2. The number of hydrogen-bond donors (Lipinski definition) is 2. The fourth-order valence-corrected chi connectivity index (χ4v) is 2.31. The van der Waals surface area contributed by atoms with E-state index in [-0.39, 0.29) is 11.9 Å². The van der Waals surface area contributed by atoms with Gasteiger partial charge in [0.25, 0.3) is 0 Å². The maximum atomic E-state index is 13.2. The molecule has 3 N–H and O–H groups in total. The smallest absolute Gasteiger partial charge is 0.123 e. The maximum Gasteiger partial charge on any atom is 0.123 e. The Hall–Kier alpha value is -1.42. The molecular weight excluding hydrogens is 263 g/mol. The van der Waals surface area contributed by atoms with Crippen molar-refractivity contribution in [3.8, 4) is 0 Å². The molecule has 0 amide bonds. The predicted octanol–water partition coefficient (Wildman–Crippen LogP) is 3.65. The van der Waals surface area contributed by atoms with Crippen LogP contribution in [0.4, 0.5) is 4.39 Å². The van der Waals surface area contributed by atoms with Gasteiger partial charge in [-0.25, -0.2) is 9.82 Å². The zero-order valence-corrected chi connectivity index (χ0v) is 11.6. The zero-order valence-electron chi connectivity index (χ0n) is 10.9. The minimum absolute atomic E-state index is 0.210. The summed E-state index contributed by atoms with van der Waals surface area (Å²) in [4.78, 5) is 0. The van der Waals surface area contributed by atoms with Crippen LogP contribution >= 0.6 is 11.6 Å². The molecule has 19 heavy (non-hydrogen) atoms. The van der Waals surface area contributed by atoms with Crippen molar-refractivity contribution in [2.24, 2.45) is 5.84 Å². The highest BCUT2D eigenvalue weighted by Crippen LogP contribution is 2.27. The van der Waals surface area contributed by atoms with Gasteiger partial charge < -0.3 is 0 Å². The normalized spacial score (nSPS) is 12.5. The van der Waals surface area contributed by atoms with Crippen molar-refractivity contribution < 1.29 is 4.39 Å². The lowest BCUT2D eigenvalue weighted by Gasteiger charge is -2.19. The molecule has 2 rings (SSSR count). The molecule has 0 aliphatic heterocycles. The van der Waals surface area contributed by atoms with E-state index in [0.717, 1.165) is 22.3 Å². The van der Waals surface area contributed by atoms with Gasteiger partial charge in [0, 0.05) is 5.02 Å². The van der Waals surface area contributed by atoms with E-state index >= 15 is 0 Å². The second-order valence-electron chi connectivity index (χ2n) is 4.61. The number of hydrogen-bond acceptors (Lipinski definition) is 2. The highest BCUT2D eigenvalue weighted by atomic mass is 35.5. The topological polar surface area (TPSA) is 38.0 Å². The first-order chi connectivity index (χ1) is 9.02. The molecule has 0 aliphatic rings. The van der Waals surface area contributed by atoms with Crippen LogP contribution in [0.2, 0.25) is 5.02 Å². The molecule has 2 aromatic rings. The van der Waals surface area contributed by atoms with Gasteiger partial charge in [0.05, 0.1) is 6.04 Å². The molecule has 0 saturated heterocycles. The van der Waals surface area contributed by atoms with Crippen LogP contribution < -0.4 is 11.3 Å². The van der Waals surface area contributed by atoms with E-state index in [1.54, 1.807) is 6.07 Å². The molecule has 2 nitrogen and oxygen atoms in total. The first kappa shape index (κ1) is 14.0. The number of rotatable bonds is 3. The van der Waals surface area contributed by atoms with Gasteiger partial charge in [-0.2, -0.15) is 0 Å². The zero-order chi connectivity index (χ0) is 14.0. The summed E-state index contributed by atoms with van der Waals surface area (Å²) >= 11 is 6.14. The standard InChI is InChI=1S/C15H16ClFN2/c1-9-3-4-11(8-14(9)16)15(19-18)13-6-5-12(17)7-10(13)2/h3-8,15,19H,18H2,1-2H3. The number of aryl methyl sites for hydroxylation is 2. The third kappa shape index (κ3) is 2.95. The molecule has 0 radical (unpaired) electrons. The number of halogens is 2. The summed E-state index contributed by atoms with van der Waals surface area (Å²) in [6.45, 7) is 3.80. The lowest BCUT2D eigenvalue weighted by atomic mass is 9.95. The van der Waals surface area contributed by atoms with Crippen LogP contribution in [0.15, 0.2) is 36.4 Å². The van der Waals surface area contributed by atoms with E-state index in [2.05, 4.69) is 5.43 Å². The Morgan fingerprint density at radius 1 is 1.11 bits per heavy atom. The van der Waals surface area contributed by atoms with Gasteiger partial charge in [-0.15, -0.1) is 0 Å². The summed E-state index contributed by atoms with van der Waals surface area (Å²) in [5, 5.41) is 0.692. The predicted molar refractivity (Wildman–Crippen MR) is 76.5 cm³/mol. The second-order valence-corrected chi connectivity index (χ2v) is 5.02. The first-order valence-electron chi connectivity index (χ1n) is 6.01. The molecule has 2 aromatic carbocycles. The molecular formula is C15H16ClFN2. The van der Waals surface area contributed by atoms with Crippen LogP contribution in [0.1, 0.15) is 28.3 Å². The van der Waals surface area contributed by atoms with Crippen LogP contribution in [0.25, 0.3) is 0 Å². The number of nitrogens with one attached hydrogen (secondary N) is 1. The average Bonchev–Trinajstić information content (AvgIpc) is 2.37. The van der Waals surface area contributed by atoms with Crippen molar-refractivity contribution >= 4 is 11.6 Å². The van der Waals surface area contributed by atoms with E-state index in [1.807, 2.05) is 32.0 Å². The fourth-order valence-electron chi connectivity index (χ4n) is 2.12. The van der Waals surface area contributed by atoms with E-state index in [0.29, 0.717) is 5.02 Å². The van der Waals surface area contributed by atoms with Crippen molar-refractivity contribution in [1.82, 2.24) is 5.43 Å². The van der Waals surface area contributed by atoms with Crippen molar-refractivity contribution in [2.75, 3.05) is 0 Å². The number of nitrogens with two attached hydrogens (primary N) is 1. The average molecular weight is 279 g/mol. The molecule has 0 heterocycles. The van der Waals surface area contributed by atoms with Gasteiger partial charge in [0.15, 0.2) is 0 Å². The van der Waals surface area contributed by atoms with Crippen molar-refractivity contribution in [3.63, 3.8) is 0 Å². The summed E-state index contributed by atoms with van der Waals surface area (Å²) in [5.41, 5.74) is 6.50. The molecule has 0 aliphatic carbocycles. The van der Waals surface area contributed by atoms with Gasteiger partial charge in [-0.1, -0.05) is 29.8 Å². The lowest BCUT2D eigenvalue weighted by Crippen LogP contribution is -2.29. The molecule has 0 fully saturated rings. The monoisotopic (exact) mass is 278 g/mol. The Morgan fingerprint density at radius 3 is 2.42 bits per heavy atom. The molecule has 0 bridgehead atoms. The maximum absolute atomic E-state index is 13.2. The fraction of sp³-hybridized carbons (Fsp3) is 0.200. The van der Waals surface area contributed by atoms with E-state index in [1.165, 1.54) is 12.1 Å². The van der Waals surface area contributed by atoms with Crippen LogP contribution in [-0.2, 0) is 0 Å². The largest absolute Gasteiger partial charge is 0.271 e. The van der Waals surface area contributed by atoms with Crippen molar-refractivity contribution in [2.45, 2.75) is 19.9 Å². The number of benzene rings is 2. The summed E-state index contributed by atoms with van der Waals surface area (Å²) in [7, 11) is 0. The van der Waals surface area contributed by atoms with Crippen molar-refractivity contribution in [1.29, 1.82) is 0 Å². The van der Waals surface area contributed by atoms with Crippen LogP contribution in [0.3, 0.4) is 0 Å². The third-order valence-electron chi connectivity index (χ3n) is 3.24. The highest BCUT2D eigenvalue weighted by molar-refractivity contribution is 6.31. The van der Waals surface area contributed by atoms with Crippen LogP contribution in [0.5, 0.6) is 0 Å². The van der Waals surface area contributed by atoms with Crippen LogP contribution in [-0.4, -0.2) is 0 Å². The lowest BCUT2D eigenvalue weighted by molar-refractivity contribution is 0.612.